The van der Waals surface area contributed by atoms with Gasteiger partial charge in [0, 0.05) is 0 Å². The Morgan fingerprint density at radius 2 is 1.82 bits per heavy atom. The molecule has 22 heavy (non-hydrogen) atoms. The van der Waals surface area contributed by atoms with Crippen LogP contribution in [0.15, 0.2) is 36.9 Å². The summed E-state index contributed by atoms with van der Waals surface area (Å²) in [7, 11) is -3.43. The summed E-state index contributed by atoms with van der Waals surface area (Å²) >= 11 is 0. The van der Waals surface area contributed by atoms with Crippen LogP contribution >= 0.6 is 0 Å². The highest BCUT2D eigenvalue weighted by Crippen LogP contribution is 2.32. The first kappa shape index (κ1) is 17.2. The summed E-state index contributed by atoms with van der Waals surface area (Å²) in [6, 6.07) is 8.81. The van der Waals surface area contributed by atoms with Crippen molar-refractivity contribution in [1.82, 2.24) is 0 Å². The Kier molecular flexibility index (Phi) is 6.65. The van der Waals surface area contributed by atoms with E-state index in [2.05, 4.69) is 30.8 Å². The van der Waals surface area contributed by atoms with Crippen molar-refractivity contribution >= 4 is 10.1 Å². The van der Waals surface area contributed by atoms with E-state index in [1.54, 1.807) is 0 Å². The van der Waals surface area contributed by atoms with E-state index in [1.807, 2.05) is 0 Å². The summed E-state index contributed by atoms with van der Waals surface area (Å²) in [6.07, 6.45) is 9.60. The second-order valence-corrected chi connectivity index (χ2v) is 7.70. The van der Waals surface area contributed by atoms with Crippen LogP contribution in [0.5, 0.6) is 0 Å². The Bertz CT molecular complexity index is 554. The molecule has 0 atom stereocenters. The van der Waals surface area contributed by atoms with Crippen LogP contribution in [-0.4, -0.2) is 20.8 Å². The van der Waals surface area contributed by atoms with Gasteiger partial charge in [0.1, 0.15) is 0 Å². The van der Waals surface area contributed by atoms with Crippen molar-refractivity contribution in [2.24, 2.45) is 0 Å². The third-order valence-corrected chi connectivity index (χ3v) is 5.42. The fraction of sp³-hybridized carbons (Fsp3) is 0.556. The summed E-state index contributed by atoms with van der Waals surface area (Å²) in [5, 5.41) is 0. The number of rotatable bonds is 8. The number of benzene rings is 1. The maximum Gasteiger partial charge on any atom is 0.270 e. The lowest BCUT2D eigenvalue weighted by atomic mass is 9.84. The van der Waals surface area contributed by atoms with Gasteiger partial charge in [0.05, 0.1) is 12.4 Å². The van der Waals surface area contributed by atoms with Crippen LogP contribution in [0.2, 0.25) is 0 Å². The molecule has 122 valence electrons. The molecule has 1 aromatic rings. The molecule has 0 aliphatic heterocycles. The molecule has 0 radical (unpaired) electrons. The Hall–Kier alpha value is -1.13. The van der Waals surface area contributed by atoms with Crippen LogP contribution in [0.1, 0.15) is 55.6 Å². The Morgan fingerprint density at radius 1 is 1.14 bits per heavy atom. The lowest BCUT2D eigenvalue weighted by molar-refractivity contribution is 0.314. The van der Waals surface area contributed by atoms with Crippen LogP contribution in [0.25, 0.3) is 0 Å². The van der Waals surface area contributed by atoms with E-state index in [4.69, 9.17) is 4.18 Å². The molecule has 1 aliphatic rings. The van der Waals surface area contributed by atoms with Crippen LogP contribution < -0.4 is 0 Å². The van der Waals surface area contributed by atoms with Gasteiger partial charge in [-0.1, -0.05) is 49.6 Å². The first-order valence-corrected chi connectivity index (χ1v) is 9.75. The molecule has 2 rings (SSSR count). The minimum Gasteiger partial charge on any atom is -0.270 e. The molecule has 0 aromatic heterocycles. The van der Waals surface area contributed by atoms with Gasteiger partial charge in [-0.3, -0.25) is 4.18 Å². The summed E-state index contributed by atoms with van der Waals surface area (Å²) in [6.45, 7) is 3.65. The van der Waals surface area contributed by atoms with Crippen molar-refractivity contribution in [2.45, 2.75) is 50.9 Å². The average molecular weight is 322 g/mol. The monoisotopic (exact) mass is 322 g/mol. The molecule has 0 amide bonds. The lowest BCUT2D eigenvalue weighted by Gasteiger charge is -2.22. The molecule has 0 heterocycles. The standard InChI is InChI=1S/C18H26O3S/c1-2-15-22(19,20)21-14-6-7-16-10-12-18(13-11-16)17-8-4-3-5-9-17/h2,10-13,17H,1,3-9,14-15H2. The largest absolute Gasteiger partial charge is 0.270 e. The van der Waals surface area contributed by atoms with E-state index >= 15 is 0 Å². The molecule has 1 aromatic carbocycles. The molecule has 3 nitrogen and oxygen atoms in total. The zero-order valence-electron chi connectivity index (χ0n) is 13.2. The summed E-state index contributed by atoms with van der Waals surface area (Å²) in [4.78, 5) is 0. The van der Waals surface area contributed by atoms with Crippen LogP contribution in [0, 0.1) is 0 Å². The molecule has 1 saturated carbocycles. The molecule has 0 N–H and O–H groups in total. The molecule has 0 bridgehead atoms. The van der Waals surface area contributed by atoms with Crippen LogP contribution in [0.4, 0.5) is 0 Å². The van der Waals surface area contributed by atoms with Gasteiger partial charge in [-0.2, -0.15) is 8.42 Å². The predicted octanol–water partition coefficient (Wildman–Crippen LogP) is 4.20. The van der Waals surface area contributed by atoms with E-state index in [0.29, 0.717) is 6.42 Å². The van der Waals surface area contributed by atoms with E-state index in [9.17, 15) is 8.42 Å². The predicted molar refractivity (Wildman–Crippen MR) is 90.5 cm³/mol. The van der Waals surface area contributed by atoms with Gasteiger partial charge in [-0.25, -0.2) is 0 Å². The molecule has 1 fully saturated rings. The normalized spacial score (nSPS) is 16.5. The van der Waals surface area contributed by atoms with E-state index in [1.165, 1.54) is 49.3 Å². The highest BCUT2D eigenvalue weighted by atomic mass is 32.2. The highest BCUT2D eigenvalue weighted by Gasteiger charge is 2.15. The van der Waals surface area contributed by atoms with Crippen molar-refractivity contribution in [3.63, 3.8) is 0 Å². The van der Waals surface area contributed by atoms with Gasteiger partial charge in [-0.05, 0) is 42.7 Å². The van der Waals surface area contributed by atoms with Crippen LogP contribution in [-0.2, 0) is 20.7 Å². The van der Waals surface area contributed by atoms with Crippen molar-refractivity contribution < 1.29 is 12.6 Å². The first-order chi connectivity index (χ1) is 10.6. The van der Waals surface area contributed by atoms with Gasteiger partial charge in [0.2, 0.25) is 0 Å². The van der Waals surface area contributed by atoms with E-state index in [0.717, 1.165) is 12.3 Å². The van der Waals surface area contributed by atoms with Crippen molar-refractivity contribution in [3.05, 3.63) is 48.0 Å². The number of hydrogen-bond acceptors (Lipinski definition) is 3. The van der Waals surface area contributed by atoms with E-state index < -0.39 is 10.1 Å². The molecular weight excluding hydrogens is 296 g/mol. The van der Waals surface area contributed by atoms with Crippen molar-refractivity contribution in [3.8, 4) is 0 Å². The van der Waals surface area contributed by atoms with Gasteiger partial charge < -0.3 is 0 Å². The van der Waals surface area contributed by atoms with Gasteiger partial charge in [-0.15, -0.1) is 6.58 Å². The minimum absolute atomic E-state index is 0.122. The SMILES string of the molecule is C=CCS(=O)(=O)OCCCc1ccc(C2CCCCC2)cc1. The highest BCUT2D eigenvalue weighted by molar-refractivity contribution is 7.86. The smallest absolute Gasteiger partial charge is 0.270 e. The Balaban J connectivity index is 1.75. The van der Waals surface area contributed by atoms with Crippen molar-refractivity contribution in [2.75, 3.05) is 12.4 Å². The van der Waals surface area contributed by atoms with Gasteiger partial charge in [0.25, 0.3) is 10.1 Å². The molecule has 0 unspecified atom stereocenters. The minimum atomic E-state index is -3.43. The molecule has 1 aliphatic carbocycles. The van der Waals surface area contributed by atoms with E-state index in [-0.39, 0.29) is 12.4 Å². The first-order valence-electron chi connectivity index (χ1n) is 8.17. The van der Waals surface area contributed by atoms with Crippen molar-refractivity contribution in [1.29, 1.82) is 0 Å². The Labute approximate surface area is 134 Å². The molecular formula is C18H26O3S. The zero-order valence-corrected chi connectivity index (χ0v) is 14.0. The fourth-order valence-corrected chi connectivity index (χ4v) is 3.80. The summed E-state index contributed by atoms with van der Waals surface area (Å²) < 4.78 is 27.6. The second-order valence-electron chi connectivity index (χ2n) is 6.02. The topological polar surface area (TPSA) is 43.4 Å². The molecule has 0 spiro atoms. The second kappa shape index (κ2) is 8.49. The third-order valence-electron chi connectivity index (χ3n) is 4.25. The zero-order chi connectivity index (χ0) is 15.8. The third kappa shape index (κ3) is 5.58. The van der Waals surface area contributed by atoms with Crippen LogP contribution in [0.3, 0.4) is 0 Å². The van der Waals surface area contributed by atoms with Gasteiger partial charge in [0.15, 0.2) is 0 Å². The van der Waals surface area contributed by atoms with Gasteiger partial charge >= 0.3 is 0 Å². The lowest BCUT2D eigenvalue weighted by Crippen LogP contribution is -2.10. The quantitative estimate of drug-likeness (QED) is 0.409. The number of aryl methyl sites for hydroxylation is 1. The maximum absolute atomic E-state index is 11.4. The summed E-state index contributed by atoms with van der Waals surface area (Å²) in [5.74, 6) is 0.610. The number of hydrogen-bond donors (Lipinski definition) is 0. The molecule has 0 saturated heterocycles. The molecule has 4 heteroatoms. The average Bonchev–Trinajstić information content (AvgIpc) is 2.53. The summed E-state index contributed by atoms with van der Waals surface area (Å²) in [5.41, 5.74) is 2.69. The fourth-order valence-electron chi connectivity index (χ4n) is 3.05. The Morgan fingerprint density at radius 3 is 2.45 bits per heavy atom. The maximum atomic E-state index is 11.4.